The van der Waals surface area contributed by atoms with Crippen molar-refractivity contribution in [3.05, 3.63) is 42.4 Å². The first-order chi connectivity index (χ1) is 11.9. The monoisotopic (exact) mass is 350 g/mol. The number of carboxylic acid groups (broad SMARTS) is 2. The summed E-state index contributed by atoms with van der Waals surface area (Å²) in [5, 5.41) is 19.8. The van der Waals surface area contributed by atoms with Crippen LogP contribution in [0.25, 0.3) is 11.0 Å². The zero-order chi connectivity index (χ0) is 18.4. The number of hydrogen-bond acceptors (Lipinski definition) is 5. The number of furan rings is 1. The normalized spacial score (nSPS) is 17.4. The maximum Gasteiger partial charge on any atom is 0.328 e. The molecule has 1 aliphatic heterocycles. The second kappa shape index (κ2) is 8.29. The Bertz CT molecular complexity index is 770. The van der Waals surface area contributed by atoms with Crippen LogP contribution in [0.15, 0.2) is 41.0 Å². The van der Waals surface area contributed by atoms with Crippen LogP contribution in [0, 0.1) is 5.82 Å². The Balaban J connectivity index is 0.000000242. The zero-order valence-corrected chi connectivity index (χ0v) is 13.6. The van der Waals surface area contributed by atoms with Crippen LogP contribution in [-0.4, -0.2) is 47.8 Å². The van der Waals surface area contributed by atoms with Crippen molar-refractivity contribution in [3.8, 4) is 0 Å². The van der Waals surface area contributed by atoms with Crippen molar-refractivity contribution in [2.45, 2.75) is 13.0 Å². The van der Waals surface area contributed by atoms with Gasteiger partial charge in [0.15, 0.2) is 11.4 Å². The molecular formula is C17H19FN2O5. The minimum absolute atomic E-state index is 0.284. The number of nitrogens with zero attached hydrogens (tertiary/aromatic N) is 1. The molecule has 0 spiro atoms. The molecule has 0 amide bonds. The molecular weight excluding hydrogens is 331 g/mol. The topological polar surface area (TPSA) is 103 Å². The Morgan fingerprint density at radius 3 is 2.60 bits per heavy atom. The van der Waals surface area contributed by atoms with Gasteiger partial charge in [-0.15, -0.1) is 0 Å². The highest BCUT2D eigenvalue weighted by Gasteiger charge is 2.20. The molecule has 3 rings (SSSR count). The molecule has 3 N–H and O–H groups in total. The molecule has 7 nitrogen and oxygen atoms in total. The Hall–Kier alpha value is -2.87. The second-order valence-electron chi connectivity index (χ2n) is 5.52. The van der Waals surface area contributed by atoms with Gasteiger partial charge in [-0.05, 0) is 19.1 Å². The van der Waals surface area contributed by atoms with Gasteiger partial charge in [0.1, 0.15) is 0 Å². The number of nitrogens with one attached hydrogen (secondary N) is 1. The van der Waals surface area contributed by atoms with E-state index in [0.717, 1.165) is 30.7 Å². The molecule has 1 aliphatic rings. The fourth-order valence-electron chi connectivity index (χ4n) is 2.56. The first-order valence-corrected chi connectivity index (χ1v) is 7.66. The lowest BCUT2D eigenvalue weighted by Crippen LogP contribution is -2.49. The number of rotatable bonds is 3. The third-order valence-electron chi connectivity index (χ3n) is 3.69. The van der Waals surface area contributed by atoms with Crippen LogP contribution in [0.2, 0.25) is 0 Å². The summed E-state index contributed by atoms with van der Waals surface area (Å²) in [5.74, 6) is -2.80. The van der Waals surface area contributed by atoms with E-state index in [2.05, 4.69) is 17.1 Å². The summed E-state index contributed by atoms with van der Waals surface area (Å²) >= 11 is 0. The summed E-state index contributed by atoms with van der Waals surface area (Å²) in [5.41, 5.74) is 1.28. The van der Waals surface area contributed by atoms with Crippen molar-refractivity contribution < 1.29 is 28.6 Å². The van der Waals surface area contributed by atoms with Gasteiger partial charge in [-0.3, -0.25) is 0 Å². The predicted octanol–water partition coefficient (Wildman–Crippen LogP) is 2.08. The highest BCUT2D eigenvalue weighted by molar-refractivity contribution is 5.89. The van der Waals surface area contributed by atoms with Crippen LogP contribution >= 0.6 is 0 Å². The number of benzene rings is 1. The van der Waals surface area contributed by atoms with Crippen molar-refractivity contribution in [2.24, 2.45) is 0 Å². The molecule has 0 bridgehead atoms. The largest absolute Gasteiger partial charge is 0.478 e. The van der Waals surface area contributed by atoms with Gasteiger partial charge in [-0.1, -0.05) is 0 Å². The number of halogens is 1. The van der Waals surface area contributed by atoms with E-state index < -0.39 is 11.9 Å². The molecule has 8 heteroatoms. The molecule has 25 heavy (non-hydrogen) atoms. The molecule has 134 valence electrons. The Morgan fingerprint density at radius 2 is 2.00 bits per heavy atom. The van der Waals surface area contributed by atoms with E-state index in [0.29, 0.717) is 23.8 Å². The SMILES string of the molecule is C[C@@H]1CNCCN1c1cc(F)c2occc2c1.O=C(O)/C=C/C(=O)O. The van der Waals surface area contributed by atoms with Crippen molar-refractivity contribution in [1.82, 2.24) is 5.32 Å². The third-order valence-corrected chi connectivity index (χ3v) is 3.69. The van der Waals surface area contributed by atoms with Crippen LogP contribution in [-0.2, 0) is 9.59 Å². The van der Waals surface area contributed by atoms with Gasteiger partial charge in [0.25, 0.3) is 0 Å². The number of piperazine rings is 1. The maximum absolute atomic E-state index is 13.8. The van der Waals surface area contributed by atoms with E-state index in [1.54, 1.807) is 12.1 Å². The fourth-order valence-corrected chi connectivity index (χ4v) is 2.56. The summed E-state index contributed by atoms with van der Waals surface area (Å²) in [6.07, 6.45) is 2.64. The van der Waals surface area contributed by atoms with Crippen LogP contribution < -0.4 is 10.2 Å². The Morgan fingerprint density at radius 1 is 1.32 bits per heavy atom. The van der Waals surface area contributed by atoms with Gasteiger partial charge in [0.05, 0.1) is 6.26 Å². The molecule has 1 saturated heterocycles. The first kappa shape index (κ1) is 18.5. The molecule has 0 aliphatic carbocycles. The third kappa shape index (κ3) is 5.05. The van der Waals surface area contributed by atoms with Gasteiger partial charge < -0.3 is 24.8 Å². The van der Waals surface area contributed by atoms with Crippen LogP contribution in [0.3, 0.4) is 0 Å². The zero-order valence-electron chi connectivity index (χ0n) is 13.6. The molecule has 0 saturated carbocycles. The predicted molar refractivity (Wildman–Crippen MR) is 90.3 cm³/mol. The van der Waals surface area contributed by atoms with E-state index in [4.69, 9.17) is 14.6 Å². The lowest BCUT2D eigenvalue weighted by Gasteiger charge is -2.35. The summed E-state index contributed by atoms with van der Waals surface area (Å²) in [7, 11) is 0. The molecule has 0 radical (unpaired) electrons. The van der Waals surface area contributed by atoms with Gasteiger partial charge in [0.2, 0.25) is 0 Å². The molecule has 2 aromatic rings. The summed E-state index contributed by atoms with van der Waals surface area (Å²) < 4.78 is 18.9. The molecule has 1 aromatic carbocycles. The minimum Gasteiger partial charge on any atom is -0.478 e. The summed E-state index contributed by atoms with van der Waals surface area (Å²) in [6, 6.07) is 5.74. The fraction of sp³-hybridized carbons (Fsp3) is 0.294. The Kier molecular flexibility index (Phi) is 6.13. The quantitative estimate of drug-likeness (QED) is 0.728. The number of hydrogen-bond donors (Lipinski definition) is 3. The van der Waals surface area contributed by atoms with E-state index >= 15 is 0 Å². The smallest absolute Gasteiger partial charge is 0.328 e. The molecule has 1 fully saturated rings. The van der Waals surface area contributed by atoms with Gasteiger partial charge in [-0.2, -0.15) is 0 Å². The van der Waals surface area contributed by atoms with Gasteiger partial charge >= 0.3 is 11.9 Å². The number of anilines is 1. The van der Waals surface area contributed by atoms with Crippen LogP contribution in [0.1, 0.15) is 6.92 Å². The van der Waals surface area contributed by atoms with E-state index in [1.165, 1.54) is 6.26 Å². The van der Waals surface area contributed by atoms with E-state index in [1.807, 2.05) is 6.07 Å². The number of carbonyl (C=O) groups is 2. The number of aliphatic carboxylic acids is 2. The lowest BCUT2D eigenvalue weighted by molar-refractivity contribution is -0.134. The van der Waals surface area contributed by atoms with Crippen molar-refractivity contribution in [3.63, 3.8) is 0 Å². The van der Waals surface area contributed by atoms with Crippen LogP contribution in [0.5, 0.6) is 0 Å². The summed E-state index contributed by atoms with van der Waals surface area (Å²) in [4.78, 5) is 21.3. The van der Waals surface area contributed by atoms with E-state index in [-0.39, 0.29) is 5.82 Å². The highest BCUT2D eigenvalue weighted by Crippen LogP contribution is 2.27. The van der Waals surface area contributed by atoms with Crippen LogP contribution in [0.4, 0.5) is 10.1 Å². The van der Waals surface area contributed by atoms with Crippen molar-refractivity contribution in [1.29, 1.82) is 0 Å². The van der Waals surface area contributed by atoms with Gasteiger partial charge in [0, 0.05) is 55.0 Å². The molecule has 1 aromatic heterocycles. The molecule has 0 unspecified atom stereocenters. The van der Waals surface area contributed by atoms with E-state index in [9.17, 15) is 14.0 Å². The standard InChI is InChI=1S/C13H15FN2O.C4H4O4/c1-9-8-15-3-4-16(9)11-6-10-2-5-17-13(10)12(14)7-11;5-3(6)1-2-4(7)8/h2,5-7,9,15H,3-4,8H2,1H3;1-2H,(H,5,6)(H,7,8)/b;2-1+/t9-;/m1./s1. The molecule has 2 heterocycles. The average Bonchev–Trinajstić information content (AvgIpc) is 3.03. The number of carboxylic acids is 2. The summed E-state index contributed by atoms with van der Waals surface area (Å²) in [6.45, 7) is 4.92. The minimum atomic E-state index is -1.26. The van der Waals surface area contributed by atoms with Crippen molar-refractivity contribution >= 4 is 28.6 Å². The lowest BCUT2D eigenvalue weighted by atomic mass is 10.1. The van der Waals surface area contributed by atoms with Gasteiger partial charge in [-0.25, -0.2) is 14.0 Å². The highest BCUT2D eigenvalue weighted by atomic mass is 19.1. The van der Waals surface area contributed by atoms with Crippen molar-refractivity contribution in [2.75, 3.05) is 24.5 Å². The maximum atomic E-state index is 13.8. The number of fused-ring (bicyclic) bond motifs is 1. The first-order valence-electron chi connectivity index (χ1n) is 7.66. The Labute approximate surface area is 143 Å². The second-order valence-corrected chi connectivity index (χ2v) is 5.52. The molecule has 1 atom stereocenters. The average molecular weight is 350 g/mol.